The summed E-state index contributed by atoms with van der Waals surface area (Å²) >= 11 is 0. The van der Waals surface area contributed by atoms with Gasteiger partial charge < -0.3 is 0 Å². The van der Waals surface area contributed by atoms with Crippen LogP contribution in [0, 0.1) is 0 Å². The number of nitrogens with one attached hydrogen (secondary N) is 1. The number of amides is 3. The number of hydrazine groups is 1. The molecule has 5 heteroatoms. The monoisotopic (exact) mass is 198 g/mol. The molecule has 0 aliphatic carbocycles. The second-order valence-electron chi connectivity index (χ2n) is 2.78. The van der Waals surface area contributed by atoms with Crippen molar-refractivity contribution in [2.75, 3.05) is 0 Å². The van der Waals surface area contributed by atoms with Crippen LogP contribution in [0.15, 0.2) is 12.2 Å². The fraction of sp³-hybridized carbons (Fsp3) is 0.444. The molecule has 14 heavy (non-hydrogen) atoms. The second-order valence-corrected chi connectivity index (χ2v) is 2.78. The Morgan fingerprint density at radius 3 is 2.07 bits per heavy atom. The van der Waals surface area contributed by atoms with E-state index in [1.165, 1.54) is 13.8 Å². The molecule has 0 aliphatic rings. The maximum Gasteiger partial charge on any atom is 0.274 e. The van der Waals surface area contributed by atoms with Crippen molar-refractivity contribution in [3.8, 4) is 0 Å². The van der Waals surface area contributed by atoms with Crippen molar-refractivity contribution in [3.05, 3.63) is 12.2 Å². The number of hydrogen-bond acceptors (Lipinski definition) is 3. The van der Waals surface area contributed by atoms with Gasteiger partial charge in [0.15, 0.2) is 0 Å². The Labute approximate surface area is 82.7 Å². The van der Waals surface area contributed by atoms with E-state index >= 15 is 0 Å². The molecule has 0 atom stereocenters. The van der Waals surface area contributed by atoms with Crippen molar-refractivity contribution in [3.63, 3.8) is 0 Å². The van der Waals surface area contributed by atoms with Gasteiger partial charge in [0.1, 0.15) is 0 Å². The fourth-order valence-electron chi connectivity index (χ4n) is 0.739. The Morgan fingerprint density at radius 2 is 1.79 bits per heavy atom. The van der Waals surface area contributed by atoms with Gasteiger partial charge in [-0.2, -0.15) is 5.01 Å². The van der Waals surface area contributed by atoms with Gasteiger partial charge in [0.25, 0.3) is 5.91 Å². The average Bonchev–Trinajstić information content (AvgIpc) is 2.11. The molecule has 0 saturated heterocycles. The van der Waals surface area contributed by atoms with Crippen molar-refractivity contribution in [1.82, 2.24) is 10.4 Å². The first-order chi connectivity index (χ1) is 6.40. The smallest absolute Gasteiger partial charge is 0.274 e. The molecular weight excluding hydrogens is 184 g/mol. The maximum atomic E-state index is 11.4. The normalized spacial score (nSPS) is 9.07. The van der Waals surface area contributed by atoms with E-state index in [0.717, 1.165) is 0 Å². The van der Waals surface area contributed by atoms with Gasteiger partial charge in [0.2, 0.25) is 11.8 Å². The first-order valence-corrected chi connectivity index (χ1v) is 4.20. The Bertz CT molecular complexity index is 284. The lowest BCUT2D eigenvalue weighted by Crippen LogP contribution is -2.48. The van der Waals surface area contributed by atoms with Crippen LogP contribution in [0.3, 0.4) is 0 Å². The zero-order chi connectivity index (χ0) is 11.3. The zero-order valence-corrected chi connectivity index (χ0v) is 8.59. The Kier molecular flexibility index (Phi) is 4.55. The topological polar surface area (TPSA) is 66.5 Å². The molecule has 0 bridgehead atoms. The summed E-state index contributed by atoms with van der Waals surface area (Å²) in [6, 6.07) is 0. The first kappa shape index (κ1) is 12.3. The van der Waals surface area contributed by atoms with Crippen LogP contribution in [0.5, 0.6) is 0 Å². The fourth-order valence-corrected chi connectivity index (χ4v) is 0.739. The quantitative estimate of drug-likeness (QED) is 0.515. The number of rotatable bonds is 2. The SMILES string of the molecule is C=C(CC)C(=O)N(NC(C)=O)C(C)=O. The molecular formula is C9H14N2O3. The van der Waals surface area contributed by atoms with E-state index in [4.69, 9.17) is 0 Å². The third-order valence-electron chi connectivity index (χ3n) is 1.52. The lowest BCUT2D eigenvalue weighted by molar-refractivity contribution is -0.149. The summed E-state index contributed by atoms with van der Waals surface area (Å²) in [4.78, 5) is 33.1. The van der Waals surface area contributed by atoms with Crippen LogP contribution in [0.2, 0.25) is 0 Å². The summed E-state index contributed by atoms with van der Waals surface area (Å²) in [5, 5.41) is 0.661. The molecule has 0 heterocycles. The molecule has 0 fully saturated rings. The summed E-state index contributed by atoms with van der Waals surface area (Å²) in [5.41, 5.74) is 2.40. The van der Waals surface area contributed by atoms with E-state index in [2.05, 4.69) is 12.0 Å². The van der Waals surface area contributed by atoms with Crippen LogP contribution in [0.4, 0.5) is 0 Å². The highest BCUT2D eigenvalue weighted by Crippen LogP contribution is 2.01. The highest BCUT2D eigenvalue weighted by Gasteiger charge is 2.20. The molecule has 5 nitrogen and oxygen atoms in total. The van der Waals surface area contributed by atoms with Crippen LogP contribution in [-0.4, -0.2) is 22.7 Å². The van der Waals surface area contributed by atoms with Crippen molar-refractivity contribution in [2.45, 2.75) is 27.2 Å². The predicted molar refractivity (Wildman–Crippen MR) is 50.8 cm³/mol. The van der Waals surface area contributed by atoms with Crippen LogP contribution < -0.4 is 5.43 Å². The minimum Gasteiger partial charge on any atom is -0.274 e. The Hall–Kier alpha value is -1.65. The lowest BCUT2D eigenvalue weighted by Gasteiger charge is -2.19. The summed E-state index contributed by atoms with van der Waals surface area (Å²) in [7, 11) is 0. The highest BCUT2D eigenvalue weighted by atomic mass is 16.2. The largest absolute Gasteiger partial charge is 0.274 e. The average molecular weight is 198 g/mol. The molecule has 0 aromatic heterocycles. The molecule has 0 rings (SSSR count). The van der Waals surface area contributed by atoms with Gasteiger partial charge in [-0.1, -0.05) is 13.5 Å². The lowest BCUT2D eigenvalue weighted by atomic mass is 10.2. The van der Waals surface area contributed by atoms with Gasteiger partial charge in [-0.15, -0.1) is 0 Å². The zero-order valence-electron chi connectivity index (χ0n) is 8.59. The van der Waals surface area contributed by atoms with Crippen molar-refractivity contribution >= 4 is 17.7 Å². The molecule has 0 spiro atoms. The van der Waals surface area contributed by atoms with E-state index < -0.39 is 17.7 Å². The van der Waals surface area contributed by atoms with Crippen molar-refractivity contribution in [2.24, 2.45) is 0 Å². The molecule has 0 aliphatic heterocycles. The van der Waals surface area contributed by atoms with Crippen LogP contribution >= 0.6 is 0 Å². The van der Waals surface area contributed by atoms with Crippen LogP contribution in [0.1, 0.15) is 27.2 Å². The van der Waals surface area contributed by atoms with E-state index in [9.17, 15) is 14.4 Å². The standard InChI is InChI=1S/C9H14N2O3/c1-5-6(2)9(14)11(8(4)13)10-7(3)12/h2,5H2,1,3-4H3,(H,10,12). The predicted octanol–water partition coefficient (Wildman–Crippen LogP) is 0.379. The molecule has 78 valence electrons. The molecule has 1 N–H and O–H groups in total. The molecule has 0 aromatic rings. The molecule has 3 amide bonds. The third-order valence-corrected chi connectivity index (χ3v) is 1.52. The van der Waals surface area contributed by atoms with E-state index in [1.54, 1.807) is 6.92 Å². The third kappa shape index (κ3) is 3.38. The second kappa shape index (κ2) is 5.16. The van der Waals surface area contributed by atoms with E-state index in [-0.39, 0.29) is 5.57 Å². The minimum absolute atomic E-state index is 0.272. The van der Waals surface area contributed by atoms with Gasteiger partial charge in [0, 0.05) is 19.4 Å². The maximum absolute atomic E-state index is 11.4. The highest BCUT2D eigenvalue weighted by molar-refractivity contribution is 6.04. The number of carbonyl (C=O) groups excluding carboxylic acids is 3. The molecule has 0 saturated carbocycles. The number of carbonyl (C=O) groups is 3. The Balaban J connectivity index is 4.66. The van der Waals surface area contributed by atoms with Crippen molar-refractivity contribution in [1.29, 1.82) is 0 Å². The van der Waals surface area contributed by atoms with Gasteiger partial charge in [-0.25, -0.2) is 0 Å². The van der Waals surface area contributed by atoms with Crippen LogP contribution in [-0.2, 0) is 14.4 Å². The van der Waals surface area contributed by atoms with E-state index in [0.29, 0.717) is 11.4 Å². The first-order valence-electron chi connectivity index (χ1n) is 4.20. The minimum atomic E-state index is -0.574. The number of hydrogen-bond donors (Lipinski definition) is 1. The van der Waals surface area contributed by atoms with Gasteiger partial charge >= 0.3 is 0 Å². The number of imide groups is 1. The van der Waals surface area contributed by atoms with Gasteiger partial charge in [-0.3, -0.25) is 19.8 Å². The molecule has 0 aromatic carbocycles. The van der Waals surface area contributed by atoms with Crippen molar-refractivity contribution < 1.29 is 14.4 Å². The van der Waals surface area contributed by atoms with Crippen LogP contribution in [0.25, 0.3) is 0 Å². The summed E-state index contributed by atoms with van der Waals surface area (Å²) in [5.74, 6) is -1.59. The molecule has 0 radical (unpaired) electrons. The summed E-state index contributed by atoms with van der Waals surface area (Å²) < 4.78 is 0. The summed E-state index contributed by atoms with van der Waals surface area (Å²) in [6.45, 7) is 7.64. The molecule has 0 unspecified atom stereocenters. The van der Waals surface area contributed by atoms with Gasteiger partial charge in [0.05, 0.1) is 0 Å². The summed E-state index contributed by atoms with van der Waals surface area (Å²) in [6.07, 6.45) is 0.433. The Morgan fingerprint density at radius 1 is 1.29 bits per heavy atom. The number of nitrogens with zero attached hydrogens (tertiary/aromatic N) is 1. The van der Waals surface area contributed by atoms with Gasteiger partial charge in [-0.05, 0) is 6.42 Å². The van der Waals surface area contributed by atoms with E-state index in [1.807, 2.05) is 0 Å².